The lowest BCUT2D eigenvalue weighted by Gasteiger charge is -2.42. The van der Waals surface area contributed by atoms with E-state index in [0.717, 1.165) is 31.6 Å². The maximum Gasteiger partial charge on any atom is 0.324 e. The molecule has 1 atom stereocenters. The van der Waals surface area contributed by atoms with Crippen LogP contribution in [0.3, 0.4) is 0 Å². The Labute approximate surface area is 180 Å². The summed E-state index contributed by atoms with van der Waals surface area (Å²) in [6, 6.07) is 9.53. The summed E-state index contributed by atoms with van der Waals surface area (Å²) in [5.41, 5.74) is 0.448. The lowest BCUT2D eigenvalue weighted by molar-refractivity contribution is -0.165. The van der Waals surface area contributed by atoms with Gasteiger partial charge >= 0.3 is 5.97 Å². The fourth-order valence-corrected chi connectivity index (χ4v) is 4.26. The number of anilines is 1. The lowest BCUT2D eigenvalue weighted by atomic mass is 9.88. The Balaban J connectivity index is 1.56. The zero-order chi connectivity index (χ0) is 21.6. The summed E-state index contributed by atoms with van der Waals surface area (Å²) in [5.74, 6) is 0.261. The van der Waals surface area contributed by atoms with Gasteiger partial charge in [0.25, 0.3) is 0 Å². The Bertz CT molecular complexity index is 690. The molecule has 3 rings (SSSR count). The normalized spacial score (nSPS) is 19.9. The average molecular weight is 417 g/mol. The van der Waals surface area contributed by atoms with Gasteiger partial charge < -0.3 is 20.3 Å². The molecule has 0 bridgehead atoms. The molecule has 7 nitrogen and oxygen atoms in total. The molecule has 1 amide bonds. The number of piperidine rings is 1. The molecule has 2 heterocycles. The lowest BCUT2D eigenvalue weighted by Crippen LogP contribution is -2.58. The van der Waals surface area contributed by atoms with Gasteiger partial charge in [0.2, 0.25) is 5.91 Å². The van der Waals surface area contributed by atoms with Gasteiger partial charge in [0.15, 0.2) is 0 Å². The number of hydrogen-bond donors (Lipinski definition) is 2. The molecule has 0 spiro atoms. The van der Waals surface area contributed by atoms with E-state index < -0.39 is 5.60 Å². The van der Waals surface area contributed by atoms with Crippen molar-refractivity contribution in [1.82, 2.24) is 15.1 Å². The van der Waals surface area contributed by atoms with Crippen molar-refractivity contribution in [2.24, 2.45) is 5.92 Å². The van der Waals surface area contributed by atoms with Crippen molar-refractivity contribution in [2.75, 3.05) is 51.1 Å². The first-order chi connectivity index (χ1) is 14.3. The van der Waals surface area contributed by atoms with E-state index in [2.05, 4.69) is 15.5 Å². The topological polar surface area (TPSA) is 73.9 Å². The summed E-state index contributed by atoms with van der Waals surface area (Å²) in [6.07, 6.45) is 1.95. The van der Waals surface area contributed by atoms with Gasteiger partial charge in [0.1, 0.15) is 11.6 Å². The highest BCUT2D eigenvalue weighted by Crippen LogP contribution is 2.25. The Kier molecular flexibility index (Phi) is 7.72. The Morgan fingerprint density at radius 3 is 2.33 bits per heavy atom. The van der Waals surface area contributed by atoms with Crippen LogP contribution in [0.2, 0.25) is 0 Å². The third-order valence-corrected chi connectivity index (χ3v) is 5.76. The van der Waals surface area contributed by atoms with Crippen LogP contribution in [0, 0.1) is 5.92 Å². The van der Waals surface area contributed by atoms with Gasteiger partial charge in [-0.2, -0.15) is 0 Å². The van der Waals surface area contributed by atoms with Crippen LogP contribution < -0.4 is 10.6 Å². The summed E-state index contributed by atoms with van der Waals surface area (Å²) >= 11 is 0. The number of hydrogen-bond acceptors (Lipinski definition) is 6. The van der Waals surface area contributed by atoms with Gasteiger partial charge in [-0.3, -0.25) is 14.5 Å². The number of carbonyl (C=O) groups is 2. The van der Waals surface area contributed by atoms with Crippen molar-refractivity contribution >= 4 is 17.6 Å². The fraction of sp³-hybridized carbons (Fsp3) is 0.652. The molecular formula is C23H36N4O3. The predicted octanol–water partition coefficient (Wildman–Crippen LogP) is 1.95. The molecular weight excluding hydrogens is 380 g/mol. The fourth-order valence-electron chi connectivity index (χ4n) is 4.26. The van der Waals surface area contributed by atoms with Gasteiger partial charge in [-0.25, -0.2) is 0 Å². The van der Waals surface area contributed by atoms with E-state index >= 15 is 0 Å². The molecule has 2 saturated heterocycles. The van der Waals surface area contributed by atoms with Crippen LogP contribution in [-0.2, 0) is 14.3 Å². The van der Waals surface area contributed by atoms with Crippen LogP contribution in [-0.4, -0.2) is 79.1 Å². The van der Waals surface area contributed by atoms with E-state index in [1.807, 2.05) is 56.0 Å². The van der Waals surface area contributed by atoms with Crippen molar-refractivity contribution in [3.8, 4) is 0 Å². The summed E-state index contributed by atoms with van der Waals surface area (Å²) in [6.45, 7) is 10.6. The number of piperazine rings is 1. The molecule has 2 aliphatic heterocycles. The zero-order valence-electron chi connectivity index (χ0n) is 18.5. The predicted molar refractivity (Wildman–Crippen MR) is 118 cm³/mol. The maximum atomic E-state index is 13.1. The van der Waals surface area contributed by atoms with Crippen molar-refractivity contribution in [3.05, 3.63) is 30.3 Å². The second kappa shape index (κ2) is 10.3. The Morgan fingerprint density at radius 2 is 1.73 bits per heavy atom. The molecule has 1 aromatic carbocycles. The molecule has 0 radical (unpaired) electrons. The first-order valence-corrected chi connectivity index (χ1v) is 11.1. The minimum absolute atomic E-state index is 0.0918. The molecule has 1 unspecified atom stereocenters. The van der Waals surface area contributed by atoms with Crippen LogP contribution in [0.4, 0.5) is 5.69 Å². The van der Waals surface area contributed by atoms with Crippen LogP contribution in [0.5, 0.6) is 0 Å². The number of para-hydroxylation sites is 1. The standard InChI is InChI=1S/C23H36N4O3/c1-23(2,3)30-22(29)21(18-9-11-24-12-10-18)27-15-13-26(14-16-27)20(28)17-25-19-7-5-4-6-8-19/h4-8,18,21,24-25H,9-17H2,1-3H3. The summed E-state index contributed by atoms with van der Waals surface area (Å²) < 4.78 is 5.78. The number of nitrogens with one attached hydrogen (secondary N) is 2. The molecule has 2 N–H and O–H groups in total. The largest absolute Gasteiger partial charge is 0.459 e. The number of rotatable bonds is 6. The highest BCUT2D eigenvalue weighted by atomic mass is 16.6. The summed E-state index contributed by atoms with van der Waals surface area (Å²) in [5, 5.41) is 6.56. The first kappa shape index (κ1) is 22.6. The molecule has 0 saturated carbocycles. The van der Waals surface area contributed by atoms with E-state index in [1.54, 1.807) is 0 Å². The number of ether oxygens (including phenoxy) is 1. The number of esters is 1. The van der Waals surface area contributed by atoms with Gasteiger partial charge in [-0.15, -0.1) is 0 Å². The maximum absolute atomic E-state index is 13.1. The van der Waals surface area contributed by atoms with Crippen molar-refractivity contribution in [2.45, 2.75) is 45.3 Å². The Morgan fingerprint density at radius 1 is 1.10 bits per heavy atom. The smallest absolute Gasteiger partial charge is 0.324 e. The molecule has 30 heavy (non-hydrogen) atoms. The summed E-state index contributed by atoms with van der Waals surface area (Å²) in [4.78, 5) is 29.8. The van der Waals surface area contributed by atoms with E-state index in [1.165, 1.54) is 0 Å². The van der Waals surface area contributed by atoms with E-state index in [4.69, 9.17) is 4.74 Å². The SMILES string of the molecule is CC(C)(C)OC(=O)C(C1CCNCC1)N1CCN(C(=O)CNc2ccccc2)CC1. The van der Waals surface area contributed by atoms with E-state index in [9.17, 15) is 9.59 Å². The highest BCUT2D eigenvalue weighted by molar-refractivity contribution is 5.81. The van der Waals surface area contributed by atoms with Crippen molar-refractivity contribution in [1.29, 1.82) is 0 Å². The van der Waals surface area contributed by atoms with Gasteiger partial charge in [-0.05, 0) is 64.8 Å². The monoisotopic (exact) mass is 416 g/mol. The van der Waals surface area contributed by atoms with Gasteiger partial charge in [0, 0.05) is 31.9 Å². The molecule has 0 aromatic heterocycles. The molecule has 7 heteroatoms. The third-order valence-electron chi connectivity index (χ3n) is 5.76. The van der Waals surface area contributed by atoms with Crippen LogP contribution >= 0.6 is 0 Å². The molecule has 1 aromatic rings. The van der Waals surface area contributed by atoms with E-state index in [-0.39, 0.29) is 24.5 Å². The van der Waals surface area contributed by atoms with Gasteiger partial charge in [0.05, 0.1) is 6.54 Å². The quantitative estimate of drug-likeness (QED) is 0.691. The van der Waals surface area contributed by atoms with Crippen molar-refractivity contribution < 1.29 is 14.3 Å². The van der Waals surface area contributed by atoms with E-state index in [0.29, 0.717) is 32.1 Å². The minimum atomic E-state index is -0.497. The zero-order valence-corrected chi connectivity index (χ0v) is 18.5. The first-order valence-electron chi connectivity index (χ1n) is 11.1. The van der Waals surface area contributed by atoms with Gasteiger partial charge in [-0.1, -0.05) is 18.2 Å². The number of amides is 1. The Hall–Kier alpha value is -2.12. The molecule has 0 aliphatic carbocycles. The van der Waals surface area contributed by atoms with Crippen LogP contribution in [0.1, 0.15) is 33.6 Å². The third kappa shape index (κ3) is 6.44. The average Bonchev–Trinajstić information content (AvgIpc) is 2.73. The second-order valence-electron chi connectivity index (χ2n) is 9.20. The molecule has 2 fully saturated rings. The number of carbonyl (C=O) groups excluding carboxylic acids is 2. The minimum Gasteiger partial charge on any atom is -0.459 e. The highest BCUT2D eigenvalue weighted by Gasteiger charge is 2.38. The number of nitrogens with zero attached hydrogens (tertiary/aromatic N) is 2. The molecule has 166 valence electrons. The molecule has 2 aliphatic rings. The van der Waals surface area contributed by atoms with Crippen LogP contribution in [0.15, 0.2) is 30.3 Å². The summed E-state index contributed by atoms with van der Waals surface area (Å²) in [7, 11) is 0. The van der Waals surface area contributed by atoms with Crippen LogP contribution in [0.25, 0.3) is 0 Å². The second-order valence-corrected chi connectivity index (χ2v) is 9.20. The number of benzene rings is 1. The van der Waals surface area contributed by atoms with Crippen molar-refractivity contribution in [3.63, 3.8) is 0 Å².